The molecule has 0 bridgehead atoms. The molecule has 3 aromatic rings. The SMILES string of the molecule is Cc1cc(NC(=O)c2sccc2N)c2ccccc2n1. The van der Waals surface area contributed by atoms with Gasteiger partial charge >= 0.3 is 0 Å². The monoisotopic (exact) mass is 283 g/mol. The lowest BCUT2D eigenvalue weighted by Crippen LogP contribution is -2.12. The molecule has 3 rings (SSSR count). The maximum Gasteiger partial charge on any atom is 0.267 e. The predicted octanol–water partition coefficient (Wildman–Crippen LogP) is 3.44. The molecule has 0 fully saturated rings. The van der Waals surface area contributed by atoms with Crippen LogP contribution in [0.3, 0.4) is 0 Å². The normalized spacial score (nSPS) is 10.7. The van der Waals surface area contributed by atoms with Crippen LogP contribution in [0.25, 0.3) is 10.9 Å². The smallest absolute Gasteiger partial charge is 0.267 e. The summed E-state index contributed by atoms with van der Waals surface area (Å²) in [6.07, 6.45) is 0. The molecule has 100 valence electrons. The number of nitrogens with one attached hydrogen (secondary N) is 1. The number of carbonyl (C=O) groups is 1. The number of anilines is 2. The molecule has 4 nitrogen and oxygen atoms in total. The maximum absolute atomic E-state index is 12.2. The summed E-state index contributed by atoms with van der Waals surface area (Å²) >= 11 is 1.33. The Labute approximate surface area is 120 Å². The Morgan fingerprint density at radius 3 is 2.85 bits per heavy atom. The van der Waals surface area contributed by atoms with Crippen molar-refractivity contribution in [3.8, 4) is 0 Å². The maximum atomic E-state index is 12.2. The van der Waals surface area contributed by atoms with E-state index in [9.17, 15) is 4.79 Å². The molecule has 0 radical (unpaired) electrons. The highest BCUT2D eigenvalue weighted by Gasteiger charge is 2.13. The lowest BCUT2D eigenvalue weighted by molar-refractivity contribution is 0.103. The van der Waals surface area contributed by atoms with Crippen LogP contribution in [0.2, 0.25) is 0 Å². The van der Waals surface area contributed by atoms with Gasteiger partial charge in [0.15, 0.2) is 0 Å². The summed E-state index contributed by atoms with van der Waals surface area (Å²) in [6, 6.07) is 11.3. The topological polar surface area (TPSA) is 68.0 Å². The Bertz CT molecular complexity index is 795. The highest BCUT2D eigenvalue weighted by molar-refractivity contribution is 7.12. The first-order chi connectivity index (χ1) is 9.65. The number of carbonyl (C=O) groups excluding carboxylic acids is 1. The first-order valence-corrected chi connectivity index (χ1v) is 7.04. The van der Waals surface area contributed by atoms with Gasteiger partial charge in [0.25, 0.3) is 5.91 Å². The van der Waals surface area contributed by atoms with Crippen molar-refractivity contribution in [2.24, 2.45) is 0 Å². The van der Waals surface area contributed by atoms with Crippen molar-refractivity contribution in [1.29, 1.82) is 0 Å². The van der Waals surface area contributed by atoms with Crippen LogP contribution in [-0.4, -0.2) is 10.9 Å². The molecule has 0 aliphatic carbocycles. The van der Waals surface area contributed by atoms with Crippen molar-refractivity contribution in [2.75, 3.05) is 11.1 Å². The third-order valence-electron chi connectivity index (χ3n) is 2.99. The van der Waals surface area contributed by atoms with E-state index in [0.717, 1.165) is 22.3 Å². The zero-order valence-corrected chi connectivity index (χ0v) is 11.7. The van der Waals surface area contributed by atoms with Gasteiger partial charge in [-0.25, -0.2) is 0 Å². The van der Waals surface area contributed by atoms with Crippen molar-refractivity contribution in [3.05, 3.63) is 52.3 Å². The molecular formula is C15H13N3OS. The minimum Gasteiger partial charge on any atom is -0.397 e. The Morgan fingerprint density at radius 1 is 1.30 bits per heavy atom. The second-order valence-corrected chi connectivity index (χ2v) is 5.40. The average Bonchev–Trinajstić information content (AvgIpc) is 2.85. The summed E-state index contributed by atoms with van der Waals surface area (Å²) in [4.78, 5) is 17.2. The van der Waals surface area contributed by atoms with E-state index in [1.54, 1.807) is 11.4 Å². The number of nitrogens with two attached hydrogens (primary N) is 1. The molecule has 0 unspecified atom stereocenters. The number of aromatic nitrogens is 1. The molecule has 0 saturated carbocycles. The summed E-state index contributed by atoms with van der Waals surface area (Å²) < 4.78 is 0. The second kappa shape index (κ2) is 4.94. The molecule has 20 heavy (non-hydrogen) atoms. The largest absolute Gasteiger partial charge is 0.397 e. The molecule has 2 aromatic heterocycles. The number of rotatable bonds is 2. The van der Waals surface area contributed by atoms with Crippen molar-refractivity contribution in [2.45, 2.75) is 6.92 Å². The van der Waals surface area contributed by atoms with Crippen LogP contribution in [0.1, 0.15) is 15.4 Å². The van der Waals surface area contributed by atoms with Crippen LogP contribution in [0.5, 0.6) is 0 Å². The molecular weight excluding hydrogens is 270 g/mol. The van der Waals surface area contributed by atoms with Gasteiger partial charge in [0.1, 0.15) is 4.88 Å². The minimum atomic E-state index is -0.187. The highest BCUT2D eigenvalue weighted by atomic mass is 32.1. The van der Waals surface area contributed by atoms with E-state index in [1.807, 2.05) is 37.3 Å². The zero-order valence-electron chi connectivity index (χ0n) is 10.9. The number of benzene rings is 1. The van der Waals surface area contributed by atoms with E-state index in [1.165, 1.54) is 11.3 Å². The number of amides is 1. The number of nitrogens with zero attached hydrogens (tertiary/aromatic N) is 1. The summed E-state index contributed by atoms with van der Waals surface area (Å²) in [5, 5.41) is 5.64. The number of nitrogen functional groups attached to an aromatic ring is 1. The fourth-order valence-electron chi connectivity index (χ4n) is 2.09. The highest BCUT2D eigenvalue weighted by Crippen LogP contribution is 2.25. The van der Waals surface area contributed by atoms with Crippen LogP contribution in [0.15, 0.2) is 41.8 Å². The molecule has 0 saturated heterocycles. The zero-order chi connectivity index (χ0) is 14.1. The van der Waals surface area contributed by atoms with Gasteiger partial charge in [-0.05, 0) is 30.5 Å². The van der Waals surface area contributed by atoms with Crippen molar-refractivity contribution in [3.63, 3.8) is 0 Å². The second-order valence-electron chi connectivity index (χ2n) is 4.49. The van der Waals surface area contributed by atoms with Crippen LogP contribution in [0, 0.1) is 6.92 Å². The van der Waals surface area contributed by atoms with E-state index in [-0.39, 0.29) is 5.91 Å². The summed E-state index contributed by atoms with van der Waals surface area (Å²) in [5.74, 6) is -0.187. The molecule has 5 heteroatoms. The van der Waals surface area contributed by atoms with Crippen LogP contribution >= 0.6 is 11.3 Å². The fraction of sp³-hybridized carbons (Fsp3) is 0.0667. The van der Waals surface area contributed by atoms with Crippen LogP contribution in [0.4, 0.5) is 11.4 Å². The molecule has 1 amide bonds. The van der Waals surface area contributed by atoms with E-state index in [4.69, 9.17) is 5.73 Å². The quantitative estimate of drug-likeness (QED) is 0.757. The third-order valence-corrected chi connectivity index (χ3v) is 3.92. The Balaban J connectivity index is 2.03. The molecule has 1 aromatic carbocycles. The minimum absolute atomic E-state index is 0.187. The Kier molecular flexibility index (Phi) is 3.12. The van der Waals surface area contributed by atoms with Gasteiger partial charge < -0.3 is 11.1 Å². The van der Waals surface area contributed by atoms with E-state index in [0.29, 0.717) is 10.6 Å². The lowest BCUT2D eigenvalue weighted by Gasteiger charge is -2.09. The predicted molar refractivity (Wildman–Crippen MR) is 83.2 cm³/mol. The van der Waals surface area contributed by atoms with Crippen molar-refractivity contribution >= 4 is 39.5 Å². The third kappa shape index (κ3) is 2.23. The number of pyridine rings is 1. The number of thiophene rings is 1. The summed E-state index contributed by atoms with van der Waals surface area (Å²) in [7, 11) is 0. The van der Waals surface area contributed by atoms with Gasteiger partial charge in [-0.3, -0.25) is 9.78 Å². The summed E-state index contributed by atoms with van der Waals surface area (Å²) in [5.41, 5.74) is 8.76. The van der Waals surface area contributed by atoms with Gasteiger partial charge in [-0.2, -0.15) is 0 Å². The lowest BCUT2D eigenvalue weighted by atomic mass is 10.1. The molecule has 2 heterocycles. The van der Waals surface area contributed by atoms with Crippen molar-refractivity contribution in [1.82, 2.24) is 4.98 Å². The molecule has 0 atom stereocenters. The van der Waals surface area contributed by atoms with E-state index < -0.39 is 0 Å². The van der Waals surface area contributed by atoms with Gasteiger partial charge in [0, 0.05) is 11.1 Å². The van der Waals surface area contributed by atoms with Gasteiger partial charge in [-0.15, -0.1) is 11.3 Å². The number of para-hydroxylation sites is 1. The number of hydrogen-bond acceptors (Lipinski definition) is 4. The molecule has 0 aliphatic heterocycles. The number of hydrogen-bond donors (Lipinski definition) is 2. The van der Waals surface area contributed by atoms with Crippen LogP contribution in [-0.2, 0) is 0 Å². The first kappa shape index (κ1) is 12.6. The number of aryl methyl sites for hydroxylation is 1. The Hall–Kier alpha value is -2.40. The first-order valence-electron chi connectivity index (χ1n) is 6.16. The molecule has 0 spiro atoms. The van der Waals surface area contributed by atoms with E-state index >= 15 is 0 Å². The van der Waals surface area contributed by atoms with Gasteiger partial charge in [-0.1, -0.05) is 18.2 Å². The standard InChI is InChI=1S/C15H13N3OS/c1-9-8-13(10-4-2-3-5-12(10)17-9)18-15(19)14-11(16)6-7-20-14/h2-8H,16H2,1H3,(H,17,18,19). The molecule has 0 aliphatic rings. The fourth-order valence-corrected chi connectivity index (χ4v) is 2.81. The van der Waals surface area contributed by atoms with Gasteiger partial charge in [0.2, 0.25) is 0 Å². The Morgan fingerprint density at radius 2 is 2.10 bits per heavy atom. The number of fused-ring (bicyclic) bond motifs is 1. The van der Waals surface area contributed by atoms with Gasteiger partial charge in [0.05, 0.1) is 16.9 Å². The summed E-state index contributed by atoms with van der Waals surface area (Å²) in [6.45, 7) is 1.90. The molecule has 3 N–H and O–H groups in total. The average molecular weight is 283 g/mol. The van der Waals surface area contributed by atoms with E-state index in [2.05, 4.69) is 10.3 Å². The van der Waals surface area contributed by atoms with Crippen molar-refractivity contribution < 1.29 is 4.79 Å². The van der Waals surface area contributed by atoms with Crippen LogP contribution < -0.4 is 11.1 Å².